The first kappa shape index (κ1) is 15.6. The van der Waals surface area contributed by atoms with Gasteiger partial charge >= 0.3 is 5.69 Å². The highest BCUT2D eigenvalue weighted by atomic mass is 16.6. The lowest BCUT2D eigenvalue weighted by Gasteiger charge is -2.09. The zero-order valence-electron chi connectivity index (χ0n) is 12.5. The minimum absolute atomic E-state index is 0.0409. The normalized spacial score (nSPS) is 10.1. The Morgan fingerprint density at radius 3 is 2.64 bits per heavy atom. The van der Waals surface area contributed by atoms with Crippen molar-refractivity contribution in [1.82, 2.24) is 0 Å². The third-order valence-electron chi connectivity index (χ3n) is 3.25. The molecule has 0 aliphatic rings. The molecule has 0 saturated carbocycles. The van der Waals surface area contributed by atoms with Crippen molar-refractivity contribution >= 4 is 11.4 Å². The van der Waals surface area contributed by atoms with Crippen LogP contribution in [0, 0.1) is 10.1 Å². The fourth-order valence-corrected chi connectivity index (χ4v) is 2.12. The van der Waals surface area contributed by atoms with Gasteiger partial charge in [-0.3, -0.25) is 10.1 Å². The van der Waals surface area contributed by atoms with Crippen LogP contribution in [0.1, 0.15) is 5.56 Å². The van der Waals surface area contributed by atoms with E-state index in [0.717, 1.165) is 23.4 Å². The molecule has 0 aromatic heterocycles. The molecule has 6 nitrogen and oxygen atoms in total. The Hall–Kier alpha value is -2.76. The van der Waals surface area contributed by atoms with Gasteiger partial charge in [-0.25, -0.2) is 0 Å². The Bertz CT molecular complexity index is 658. The first-order valence-corrected chi connectivity index (χ1v) is 6.83. The summed E-state index contributed by atoms with van der Waals surface area (Å²) in [6.45, 7) is 0.703. The summed E-state index contributed by atoms with van der Waals surface area (Å²) in [5.41, 5.74) is 1.90. The van der Waals surface area contributed by atoms with Crippen LogP contribution < -0.4 is 14.8 Å². The Kier molecular flexibility index (Phi) is 5.19. The lowest BCUT2D eigenvalue weighted by Crippen LogP contribution is -2.05. The van der Waals surface area contributed by atoms with Crippen molar-refractivity contribution in [2.24, 2.45) is 0 Å². The molecule has 0 saturated heterocycles. The van der Waals surface area contributed by atoms with E-state index in [1.165, 1.54) is 13.2 Å². The average Bonchev–Trinajstić information content (AvgIpc) is 2.54. The van der Waals surface area contributed by atoms with Crippen LogP contribution >= 0.6 is 0 Å². The molecule has 2 aromatic carbocycles. The Labute approximate surface area is 128 Å². The summed E-state index contributed by atoms with van der Waals surface area (Å²) in [6, 6.07) is 12.6. The number of benzene rings is 2. The molecule has 0 fully saturated rings. The number of hydrogen-bond acceptors (Lipinski definition) is 5. The minimum atomic E-state index is -0.459. The first-order chi connectivity index (χ1) is 10.6. The fourth-order valence-electron chi connectivity index (χ4n) is 2.12. The van der Waals surface area contributed by atoms with Crippen molar-refractivity contribution in [2.45, 2.75) is 6.42 Å². The zero-order chi connectivity index (χ0) is 15.9. The highest BCUT2D eigenvalue weighted by molar-refractivity contribution is 5.58. The van der Waals surface area contributed by atoms with Gasteiger partial charge in [0.2, 0.25) is 0 Å². The van der Waals surface area contributed by atoms with Crippen molar-refractivity contribution < 1.29 is 14.4 Å². The minimum Gasteiger partial charge on any atom is -0.497 e. The maximum Gasteiger partial charge on any atom is 0.311 e. The quantitative estimate of drug-likeness (QED) is 0.627. The summed E-state index contributed by atoms with van der Waals surface area (Å²) in [7, 11) is 3.06. The van der Waals surface area contributed by atoms with Crippen LogP contribution in [0.4, 0.5) is 11.4 Å². The zero-order valence-corrected chi connectivity index (χ0v) is 12.5. The summed E-state index contributed by atoms with van der Waals surface area (Å²) in [5, 5.41) is 14.1. The largest absolute Gasteiger partial charge is 0.497 e. The summed E-state index contributed by atoms with van der Waals surface area (Å²) < 4.78 is 10.2. The van der Waals surface area contributed by atoms with Crippen LogP contribution in [0.5, 0.6) is 11.5 Å². The van der Waals surface area contributed by atoms with Crippen molar-refractivity contribution in [1.29, 1.82) is 0 Å². The predicted molar refractivity (Wildman–Crippen MR) is 84.8 cm³/mol. The van der Waals surface area contributed by atoms with E-state index in [9.17, 15) is 10.1 Å². The van der Waals surface area contributed by atoms with Crippen LogP contribution in [0.25, 0.3) is 0 Å². The molecule has 0 aliphatic heterocycles. The molecule has 0 radical (unpaired) electrons. The highest BCUT2D eigenvalue weighted by Crippen LogP contribution is 2.29. The second kappa shape index (κ2) is 7.31. The lowest BCUT2D eigenvalue weighted by atomic mass is 10.1. The van der Waals surface area contributed by atoms with Crippen molar-refractivity contribution in [3.05, 3.63) is 58.1 Å². The van der Waals surface area contributed by atoms with E-state index in [2.05, 4.69) is 5.32 Å². The standard InChI is InChI=1S/C16H18N2O4/c1-21-14-5-3-4-12(10-14)8-9-17-13-6-7-15(18(19)20)16(11-13)22-2/h3-7,10-11,17H,8-9H2,1-2H3. The Balaban J connectivity index is 1.98. The van der Waals surface area contributed by atoms with Crippen LogP contribution in [0.3, 0.4) is 0 Å². The van der Waals surface area contributed by atoms with Gasteiger partial charge in [0.15, 0.2) is 5.75 Å². The van der Waals surface area contributed by atoms with E-state index >= 15 is 0 Å². The number of nitrogens with zero attached hydrogens (tertiary/aromatic N) is 1. The molecule has 116 valence electrons. The number of methoxy groups -OCH3 is 2. The molecule has 2 aromatic rings. The number of anilines is 1. The molecule has 2 rings (SSSR count). The Morgan fingerprint density at radius 2 is 1.95 bits per heavy atom. The van der Waals surface area contributed by atoms with Gasteiger partial charge in [-0.05, 0) is 30.2 Å². The van der Waals surface area contributed by atoms with Crippen LogP contribution in [-0.2, 0) is 6.42 Å². The summed E-state index contributed by atoms with van der Waals surface area (Å²) >= 11 is 0. The van der Waals surface area contributed by atoms with Gasteiger partial charge in [-0.2, -0.15) is 0 Å². The fraction of sp³-hybridized carbons (Fsp3) is 0.250. The van der Waals surface area contributed by atoms with Gasteiger partial charge in [-0.1, -0.05) is 12.1 Å². The number of nitro benzene ring substituents is 1. The maximum atomic E-state index is 10.8. The molecule has 0 aliphatic carbocycles. The highest BCUT2D eigenvalue weighted by Gasteiger charge is 2.14. The second-order valence-corrected chi connectivity index (χ2v) is 4.67. The van der Waals surface area contributed by atoms with Gasteiger partial charge in [0, 0.05) is 24.4 Å². The lowest BCUT2D eigenvalue weighted by molar-refractivity contribution is -0.385. The molecule has 0 unspecified atom stereocenters. The van der Waals surface area contributed by atoms with Crippen molar-refractivity contribution in [2.75, 3.05) is 26.1 Å². The number of nitrogens with one attached hydrogen (secondary N) is 1. The molecule has 0 heterocycles. The maximum absolute atomic E-state index is 10.8. The van der Waals surface area contributed by atoms with Gasteiger partial charge in [0.1, 0.15) is 5.75 Å². The molecule has 22 heavy (non-hydrogen) atoms. The third-order valence-corrected chi connectivity index (χ3v) is 3.25. The molecule has 0 spiro atoms. The molecule has 0 amide bonds. The van der Waals surface area contributed by atoms with Gasteiger partial charge in [0.25, 0.3) is 0 Å². The van der Waals surface area contributed by atoms with E-state index in [4.69, 9.17) is 9.47 Å². The van der Waals surface area contributed by atoms with E-state index in [0.29, 0.717) is 6.54 Å². The number of nitro groups is 1. The van der Waals surface area contributed by atoms with Crippen LogP contribution in [-0.4, -0.2) is 25.7 Å². The number of rotatable bonds is 7. The van der Waals surface area contributed by atoms with Gasteiger partial charge in [-0.15, -0.1) is 0 Å². The second-order valence-electron chi connectivity index (χ2n) is 4.67. The molecule has 1 N–H and O–H groups in total. The molecule has 0 bridgehead atoms. The van der Waals surface area contributed by atoms with E-state index in [1.807, 2.05) is 24.3 Å². The smallest absolute Gasteiger partial charge is 0.311 e. The number of hydrogen-bond donors (Lipinski definition) is 1. The third kappa shape index (κ3) is 3.88. The molecular weight excluding hydrogens is 284 g/mol. The van der Waals surface area contributed by atoms with Gasteiger partial charge < -0.3 is 14.8 Å². The molecule has 0 atom stereocenters. The van der Waals surface area contributed by atoms with Crippen molar-refractivity contribution in [3.8, 4) is 11.5 Å². The Morgan fingerprint density at radius 1 is 1.14 bits per heavy atom. The van der Waals surface area contributed by atoms with Crippen LogP contribution in [0.2, 0.25) is 0 Å². The monoisotopic (exact) mass is 302 g/mol. The number of ether oxygens (including phenoxy) is 2. The predicted octanol–water partition coefficient (Wildman–Crippen LogP) is 3.27. The molecule has 6 heteroatoms. The average molecular weight is 302 g/mol. The summed E-state index contributed by atoms with van der Waals surface area (Å²) in [6.07, 6.45) is 0.816. The SMILES string of the molecule is COc1cccc(CCNc2ccc([N+](=O)[O-])c(OC)c2)c1. The van der Waals surface area contributed by atoms with E-state index < -0.39 is 4.92 Å². The van der Waals surface area contributed by atoms with E-state index in [-0.39, 0.29) is 11.4 Å². The molecular formula is C16H18N2O4. The van der Waals surface area contributed by atoms with Crippen molar-refractivity contribution in [3.63, 3.8) is 0 Å². The summed E-state index contributed by atoms with van der Waals surface area (Å²) in [4.78, 5) is 10.4. The topological polar surface area (TPSA) is 73.6 Å². The van der Waals surface area contributed by atoms with Gasteiger partial charge in [0.05, 0.1) is 19.1 Å². The van der Waals surface area contributed by atoms with Crippen LogP contribution in [0.15, 0.2) is 42.5 Å². The summed E-state index contributed by atoms with van der Waals surface area (Å²) in [5.74, 6) is 1.07. The van der Waals surface area contributed by atoms with E-state index in [1.54, 1.807) is 19.2 Å². The first-order valence-electron chi connectivity index (χ1n) is 6.83.